The molecule has 0 saturated carbocycles. The van der Waals surface area contributed by atoms with E-state index in [9.17, 15) is 4.79 Å². The minimum absolute atomic E-state index is 0.0621. The second kappa shape index (κ2) is 9.30. The van der Waals surface area contributed by atoms with Crippen LogP contribution in [0.4, 0.5) is 0 Å². The Kier molecular flexibility index (Phi) is 6.56. The second-order valence-electron chi connectivity index (χ2n) is 6.05. The van der Waals surface area contributed by atoms with E-state index >= 15 is 0 Å². The molecular weight excluding hydrogens is 344 g/mol. The number of benzene rings is 1. The third kappa shape index (κ3) is 4.80. The molecule has 0 fully saturated rings. The van der Waals surface area contributed by atoms with Gasteiger partial charge in [0.05, 0.1) is 11.7 Å². The highest BCUT2D eigenvalue weighted by molar-refractivity contribution is 7.99. The van der Waals surface area contributed by atoms with Crippen LogP contribution in [0.5, 0.6) is 0 Å². The summed E-state index contributed by atoms with van der Waals surface area (Å²) < 4.78 is 7.96. The molecule has 5 heteroatoms. The van der Waals surface area contributed by atoms with Gasteiger partial charge in [0.1, 0.15) is 5.58 Å². The highest BCUT2D eigenvalue weighted by Gasteiger charge is 2.10. The molecule has 4 nitrogen and oxygen atoms in total. The zero-order valence-electron chi connectivity index (χ0n) is 14.9. The van der Waals surface area contributed by atoms with E-state index in [2.05, 4.69) is 21.4 Å². The first-order chi connectivity index (χ1) is 12.8. The van der Waals surface area contributed by atoms with Gasteiger partial charge in [-0.05, 0) is 31.9 Å². The predicted molar refractivity (Wildman–Crippen MR) is 106 cm³/mol. The molecule has 2 aromatic heterocycles. The summed E-state index contributed by atoms with van der Waals surface area (Å²) >= 11 is 1.60. The van der Waals surface area contributed by atoms with Crippen LogP contribution >= 0.6 is 11.8 Å². The minimum Gasteiger partial charge on any atom is -0.449 e. The summed E-state index contributed by atoms with van der Waals surface area (Å²) in [5.74, 6) is 7.35. The summed E-state index contributed by atoms with van der Waals surface area (Å²) in [5.41, 5.74) is 1.41. The van der Waals surface area contributed by atoms with E-state index in [1.165, 1.54) is 0 Å². The Morgan fingerprint density at radius 1 is 1.19 bits per heavy atom. The molecule has 3 rings (SSSR count). The van der Waals surface area contributed by atoms with E-state index in [4.69, 9.17) is 4.42 Å². The summed E-state index contributed by atoms with van der Waals surface area (Å²) in [6, 6.07) is 7.40. The fourth-order valence-corrected chi connectivity index (χ4v) is 3.56. The van der Waals surface area contributed by atoms with Gasteiger partial charge in [-0.15, -0.1) is 11.8 Å². The van der Waals surface area contributed by atoms with Gasteiger partial charge in [0.15, 0.2) is 10.5 Å². The maximum atomic E-state index is 12.4. The molecule has 0 atom stereocenters. The molecule has 0 unspecified atom stereocenters. The van der Waals surface area contributed by atoms with Gasteiger partial charge >= 0.3 is 0 Å². The van der Waals surface area contributed by atoms with Gasteiger partial charge in [-0.1, -0.05) is 23.9 Å². The average molecular weight is 366 g/mol. The molecule has 0 radical (unpaired) electrons. The molecule has 0 bridgehead atoms. The van der Waals surface area contributed by atoms with Crippen LogP contribution in [-0.2, 0) is 6.54 Å². The highest BCUT2D eigenvalue weighted by Crippen LogP contribution is 2.25. The van der Waals surface area contributed by atoms with Crippen LogP contribution in [0.3, 0.4) is 0 Å². The van der Waals surface area contributed by atoms with Gasteiger partial charge in [-0.25, -0.2) is 4.98 Å². The topological polar surface area (TPSA) is 48.0 Å². The second-order valence-corrected chi connectivity index (χ2v) is 7.12. The zero-order valence-corrected chi connectivity index (χ0v) is 15.7. The molecular formula is C21H22N2O2S. The average Bonchev–Trinajstić information content (AvgIpc) is 3.17. The fraction of sp³-hybridized carbons (Fsp3) is 0.333. The van der Waals surface area contributed by atoms with Crippen molar-refractivity contribution >= 4 is 22.7 Å². The lowest BCUT2D eigenvalue weighted by Gasteiger charge is -2.05. The van der Waals surface area contributed by atoms with Gasteiger partial charge in [0.25, 0.3) is 0 Å². The van der Waals surface area contributed by atoms with Crippen molar-refractivity contribution in [2.24, 2.45) is 0 Å². The van der Waals surface area contributed by atoms with E-state index in [0.717, 1.165) is 43.1 Å². The molecule has 1 aromatic carbocycles. The number of aromatic nitrogens is 2. The number of hydrogen-bond acceptors (Lipinski definition) is 4. The molecule has 134 valence electrons. The summed E-state index contributed by atoms with van der Waals surface area (Å²) in [6.07, 6.45) is 9.39. The Morgan fingerprint density at radius 2 is 2.00 bits per heavy atom. The van der Waals surface area contributed by atoms with Crippen LogP contribution in [0.15, 0.2) is 57.3 Å². The molecule has 0 saturated heterocycles. The van der Waals surface area contributed by atoms with Crippen LogP contribution in [0.25, 0.3) is 11.0 Å². The van der Waals surface area contributed by atoms with Crippen LogP contribution in [0.2, 0.25) is 0 Å². The van der Waals surface area contributed by atoms with Crippen molar-refractivity contribution in [3.63, 3.8) is 0 Å². The number of thioether (sulfide) groups is 1. The molecule has 0 aliphatic heterocycles. The maximum absolute atomic E-state index is 12.4. The molecule has 3 aromatic rings. The van der Waals surface area contributed by atoms with Crippen LogP contribution < -0.4 is 5.43 Å². The Hall–Kier alpha value is -2.45. The number of aryl methyl sites for hydroxylation is 1. The van der Waals surface area contributed by atoms with Crippen molar-refractivity contribution in [3.05, 3.63) is 58.8 Å². The number of rotatable bonds is 7. The Morgan fingerprint density at radius 3 is 2.81 bits per heavy atom. The molecule has 0 aliphatic rings. The monoisotopic (exact) mass is 366 g/mol. The number of hydrogen-bond donors (Lipinski definition) is 0. The smallest absolute Gasteiger partial charge is 0.196 e. The summed E-state index contributed by atoms with van der Waals surface area (Å²) in [4.78, 5) is 16.4. The number of para-hydroxylation sites is 1. The standard InChI is InChI=1S/C21H22N2O2S/c1-17-20(24)18-10-6-7-11-19(18)25-21(17)26-15-9-5-3-2-4-8-13-23-14-12-22-16-23/h6-7,10-12,14,16H,4-5,8-9,13,15H2,1H3. The van der Waals surface area contributed by atoms with Crippen molar-refractivity contribution < 1.29 is 4.42 Å². The van der Waals surface area contributed by atoms with Gasteiger partial charge in [-0.3, -0.25) is 4.79 Å². The van der Waals surface area contributed by atoms with E-state index < -0.39 is 0 Å². The summed E-state index contributed by atoms with van der Waals surface area (Å²) in [7, 11) is 0. The number of imidazole rings is 1. The lowest BCUT2D eigenvalue weighted by Crippen LogP contribution is -2.06. The van der Waals surface area contributed by atoms with Gasteiger partial charge < -0.3 is 8.98 Å². The number of unbranched alkanes of at least 4 members (excludes halogenated alkanes) is 2. The quantitative estimate of drug-likeness (QED) is 0.347. The van der Waals surface area contributed by atoms with Crippen LogP contribution in [0, 0.1) is 18.8 Å². The SMILES string of the molecule is Cc1c(SCCCC#CCCCn2ccnc2)oc2ccccc2c1=O. The fourth-order valence-electron chi connectivity index (χ4n) is 2.62. The van der Waals surface area contributed by atoms with Crippen LogP contribution in [-0.4, -0.2) is 15.3 Å². The lowest BCUT2D eigenvalue weighted by molar-refractivity contribution is 0.492. The first kappa shape index (κ1) is 18.3. The molecule has 0 N–H and O–H groups in total. The van der Waals surface area contributed by atoms with E-state index in [1.807, 2.05) is 43.7 Å². The largest absolute Gasteiger partial charge is 0.449 e. The van der Waals surface area contributed by atoms with Crippen molar-refractivity contribution in [2.45, 2.75) is 44.2 Å². The van der Waals surface area contributed by atoms with Crippen molar-refractivity contribution in [2.75, 3.05) is 5.75 Å². The van der Waals surface area contributed by atoms with E-state index in [1.54, 1.807) is 18.0 Å². The summed E-state index contributed by atoms with van der Waals surface area (Å²) in [6.45, 7) is 2.80. The van der Waals surface area contributed by atoms with Crippen molar-refractivity contribution in [3.8, 4) is 11.8 Å². The van der Waals surface area contributed by atoms with Gasteiger partial charge in [0, 0.05) is 43.1 Å². The first-order valence-electron chi connectivity index (χ1n) is 8.82. The molecule has 0 aliphatic carbocycles. The van der Waals surface area contributed by atoms with E-state index in [-0.39, 0.29) is 5.43 Å². The molecule has 0 spiro atoms. The lowest BCUT2D eigenvalue weighted by atomic mass is 10.2. The maximum Gasteiger partial charge on any atom is 0.196 e. The van der Waals surface area contributed by atoms with Gasteiger partial charge in [0.2, 0.25) is 0 Å². The Balaban J connectivity index is 1.41. The third-order valence-electron chi connectivity index (χ3n) is 4.06. The normalized spacial score (nSPS) is 10.7. The number of fused-ring (bicyclic) bond motifs is 1. The highest BCUT2D eigenvalue weighted by atomic mass is 32.2. The minimum atomic E-state index is 0.0621. The van der Waals surface area contributed by atoms with E-state index in [0.29, 0.717) is 16.5 Å². The third-order valence-corrected chi connectivity index (χ3v) is 5.21. The van der Waals surface area contributed by atoms with Crippen LogP contribution in [0.1, 0.15) is 31.2 Å². The molecule has 2 heterocycles. The molecule has 26 heavy (non-hydrogen) atoms. The zero-order chi connectivity index (χ0) is 18.2. The number of nitrogens with zero attached hydrogens (tertiary/aromatic N) is 2. The van der Waals surface area contributed by atoms with Gasteiger partial charge in [-0.2, -0.15) is 0 Å². The Bertz CT molecular complexity index is 965. The van der Waals surface area contributed by atoms with Crippen molar-refractivity contribution in [1.29, 1.82) is 0 Å². The first-order valence-corrected chi connectivity index (χ1v) is 9.81. The predicted octanol–water partition coefficient (Wildman–Crippen LogP) is 4.65. The van der Waals surface area contributed by atoms with Crippen molar-refractivity contribution in [1.82, 2.24) is 9.55 Å². The molecule has 0 amide bonds. The Labute approximate surface area is 157 Å². The summed E-state index contributed by atoms with van der Waals surface area (Å²) in [5, 5.41) is 1.37.